The van der Waals surface area contributed by atoms with Crippen LogP contribution >= 0.6 is 11.6 Å². The summed E-state index contributed by atoms with van der Waals surface area (Å²) < 4.78 is 0. The predicted octanol–water partition coefficient (Wildman–Crippen LogP) is 3.38. The highest BCUT2D eigenvalue weighted by Gasteiger charge is 2.17. The van der Waals surface area contributed by atoms with Crippen molar-refractivity contribution in [3.63, 3.8) is 0 Å². The molecular weight excluding hydrogens is 246 g/mol. The molecule has 2 aromatic heterocycles. The van der Waals surface area contributed by atoms with Crippen molar-refractivity contribution in [3.05, 3.63) is 40.3 Å². The third-order valence-corrected chi connectivity index (χ3v) is 3.56. The monoisotopic (exact) mass is 259 g/mol. The van der Waals surface area contributed by atoms with E-state index in [-0.39, 0.29) is 0 Å². The van der Waals surface area contributed by atoms with E-state index < -0.39 is 0 Å². The summed E-state index contributed by atoms with van der Waals surface area (Å²) in [6.07, 6.45) is 4.35. The van der Waals surface area contributed by atoms with E-state index in [1.165, 1.54) is 12.8 Å². The van der Waals surface area contributed by atoms with Gasteiger partial charge in [0.25, 0.3) is 0 Å². The first-order valence-electron chi connectivity index (χ1n) is 6.23. The van der Waals surface area contributed by atoms with Crippen molar-refractivity contribution in [1.29, 1.82) is 0 Å². The van der Waals surface area contributed by atoms with E-state index in [4.69, 9.17) is 11.6 Å². The molecule has 18 heavy (non-hydrogen) atoms. The van der Waals surface area contributed by atoms with Gasteiger partial charge in [-0.25, -0.2) is 15.0 Å². The zero-order chi connectivity index (χ0) is 12.5. The summed E-state index contributed by atoms with van der Waals surface area (Å²) in [7, 11) is 0. The number of halogens is 1. The first kappa shape index (κ1) is 11.6. The molecule has 0 aliphatic heterocycles. The molecule has 92 valence electrons. The summed E-state index contributed by atoms with van der Waals surface area (Å²) >= 11 is 6.26. The van der Waals surface area contributed by atoms with Crippen LogP contribution in [0.2, 0.25) is 5.15 Å². The molecule has 2 heterocycles. The minimum absolute atomic E-state index is 0.595. The van der Waals surface area contributed by atoms with Crippen LogP contribution in [0.15, 0.2) is 18.2 Å². The molecule has 0 atom stereocenters. The quantitative estimate of drug-likeness (QED) is 0.737. The number of nitrogens with zero attached hydrogens (tertiary/aromatic N) is 3. The molecule has 4 heteroatoms. The zero-order valence-electron chi connectivity index (χ0n) is 10.3. The standard InChI is InChI=1S/C14H14ClN3/c1-9-5-4-8-12(16-9)14-17-11-7-3-2-6-10(11)13(15)18-14/h4-5,8H,2-3,6-7H2,1H3. The largest absolute Gasteiger partial charge is 0.250 e. The Morgan fingerprint density at radius 1 is 1.06 bits per heavy atom. The Morgan fingerprint density at radius 3 is 2.72 bits per heavy atom. The summed E-state index contributed by atoms with van der Waals surface area (Å²) in [5.74, 6) is 0.643. The summed E-state index contributed by atoms with van der Waals surface area (Å²) in [6, 6.07) is 5.85. The lowest BCUT2D eigenvalue weighted by Gasteiger charge is -2.16. The van der Waals surface area contributed by atoms with E-state index >= 15 is 0 Å². The topological polar surface area (TPSA) is 38.7 Å². The molecule has 0 N–H and O–H groups in total. The van der Waals surface area contributed by atoms with Gasteiger partial charge in [0.2, 0.25) is 0 Å². The number of aryl methyl sites for hydroxylation is 2. The highest BCUT2D eigenvalue weighted by molar-refractivity contribution is 6.30. The van der Waals surface area contributed by atoms with Gasteiger partial charge in [-0.2, -0.15) is 0 Å². The Morgan fingerprint density at radius 2 is 1.89 bits per heavy atom. The predicted molar refractivity (Wildman–Crippen MR) is 71.7 cm³/mol. The lowest BCUT2D eigenvalue weighted by atomic mass is 9.97. The Balaban J connectivity index is 2.11. The summed E-state index contributed by atoms with van der Waals surface area (Å²) in [4.78, 5) is 13.5. The molecule has 0 amide bonds. The Kier molecular flexibility index (Phi) is 3.00. The second-order valence-corrected chi connectivity index (χ2v) is 4.99. The van der Waals surface area contributed by atoms with Crippen LogP contribution in [0.5, 0.6) is 0 Å². The molecule has 0 saturated carbocycles. The van der Waals surface area contributed by atoms with Gasteiger partial charge in [0.15, 0.2) is 5.82 Å². The molecule has 1 aliphatic carbocycles. The van der Waals surface area contributed by atoms with Crippen LogP contribution in [0.1, 0.15) is 29.8 Å². The average molecular weight is 260 g/mol. The molecule has 0 unspecified atom stereocenters. The van der Waals surface area contributed by atoms with Crippen LogP contribution in [0.3, 0.4) is 0 Å². The summed E-state index contributed by atoms with van der Waals surface area (Å²) in [5, 5.41) is 0.595. The molecular formula is C14H14ClN3. The smallest absolute Gasteiger partial charge is 0.179 e. The van der Waals surface area contributed by atoms with Gasteiger partial charge in [0.1, 0.15) is 10.8 Å². The van der Waals surface area contributed by atoms with Crippen LogP contribution in [0, 0.1) is 6.92 Å². The normalized spacial score (nSPS) is 14.3. The second-order valence-electron chi connectivity index (χ2n) is 4.63. The molecule has 0 saturated heterocycles. The van der Waals surface area contributed by atoms with Gasteiger partial charge in [0, 0.05) is 17.0 Å². The number of pyridine rings is 1. The maximum Gasteiger partial charge on any atom is 0.179 e. The first-order chi connectivity index (χ1) is 8.74. The van der Waals surface area contributed by atoms with E-state index in [1.54, 1.807) is 0 Å². The van der Waals surface area contributed by atoms with Crippen molar-refractivity contribution < 1.29 is 0 Å². The highest BCUT2D eigenvalue weighted by Crippen LogP contribution is 2.27. The molecule has 0 bridgehead atoms. The second kappa shape index (κ2) is 4.65. The molecule has 0 aromatic carbocycles. The van der Waals surface area contributed by atoms with Crippen LogP contribution in [0.4, 0.5) is 0 Å². The van der Waals surface area contributed by atoms with Gasteiger partial charge in [-0.05, 0) is 44.7 Å². The highest BCUT2D eigenvalue weighted by atomic mass is 35.5. The number of fused-ring (bicyclic) bond motifs is 1. The van der Waals surface area contributed by atoms with Crippen molar-refractivity contribution in [2.75, 3.05) is 0 Å². The lowest BCUT2D eigenvalue weighted by molar-refractivity contribution is 0.663. The molecule has 3 rings (SSSR count). The van der Waals surface area contributed by atoms with Gasteiger partial charge in [-0.15, -0.1) is 0 Å². The number of rotatable bonds is 1. The Labute approximate surface area is 111 Å². The average Bonchev–Trinajstić information content (AvgIpc) is 2.39. The van der Waals surface area contributed by atoms with E-state index in [1.807, 2.05) is 25.1 Å². The maximum absolute atomic E-state index is 6.26. The molecule has 0 radical (unpaired) electrons. The number of hydrogen-bond donors (Lipinski definition) is 0. The van der Waals surface area contributed by atoms with E-state index in [2.05, 4.69) is 15.0 Å². The van der Waals surface area contributed by atoms with Crippen LogP contribution in [0.25, 0.3) is 11.5 Å². The fraction of sp³-hybridized carbons (Fsp3) is 0.357. The van der Waals surface area contributed by atoms with Crippen LogP contribution < -0.4 is 0 Å². The third-order valence-electron chi connectivity index (χ3n) is 3.25. The first-order valence-corrected chi connectivity index (χ1v) is 6.61. The van der Waals surface area contributed by atoms with E-state index in [9.17, 15) is 0 Å². The lowest BCUT2D eigenvalue weighted by Crippen LogP contribution is -2.09. The van der Waals surface area contributed by atoms with Crippen molar-refractivity contribution >= 4 is 11.6 Å². The fourth-order valence-corrected chi connectivity index (χ4v) is 2.61. The zero-order valence-corrected chi connectivity index (χ0v) is 11.0. The van der Waals surface area contributed by atoms with Gasteiger partial charge in [-0.1, -0.05) is 17.7 Å². The third kappa shape index (κ3) is 2.10. The maximum atomic E-state index is 6.26. The van der Waals surface area contributed by atoms with Crippen molar-refractivity contribution in [2.24, 2.45) is 0 Å². The SMILES string of the molecule is Cc1cccc(-c2nc(Cl)c3c(n2)CCCC3)n1. The molecule has 0 fully saturated rings. The van der Waals surface area contributed by atoms with Crippen LogP contribution in [-0.2, 0) is 12.8 Å². The van der Waals surface area contributed by atoms with Crippen molar-refractivity contribution in [3.8, 4) is 11.5 Å². The summed E-state index contributed by atoms with van der Waals surface area (Å²) in [6.45, 7) is 1.96. The van der Waals surface area contributed by atoms with E-state index in [0.29, 0.717) is 11.0 Å². The van der Waals surface area contributed by atoms with Gasteiger partial charge in [-0.3, -0.25) is 0 Å². The van der Waals surface area contributed by atoms with Crippen molar-refractivity contribution in [1.82, 2.24) is 15.0 Å². The van der Waals surface area contributed by atoms with Crippen molar-refractivity contribution in [2.45, 2.75) is 32.6 Å². The van der Waals surface area contributed by atoms with Crippen LogP contribution in [-0.4, -0.2) is 15.0 Å². The number of aromatic nitrogens is 3. The number of hydrogen-bond acceptors (Lipinski definition) is 3. The Hall–Kier alpha value is -1.48. The van der Waals surface area contributed by atoms with E-state index in [0.717, 1.165) is 35.5 Å². The minimum atomic E-state index is 0.595. The summed E-state index contributed by atoms with van der Waals surface area (Å²) in [5.41, 5.74) is 3.98. The molecule has 1 aliphatic rings. The Bertz CT molecular complexity index is 596. The molecule has 0 spiro atoms. The van der Waals surface area contributed by atoms with Gasteiger partial charge >= 0.3 is 0 Å². The molecule has 3 nitrogen and oxygen atoms in total. The van der Waals surface area contributed by atoms with Gasteiger partial charge < -0.3 is 0 Å². The molecule has 2 aromatic rings. The minimum Gasteiger partial charge on any atom is -0.250 e. The fourth-order valence-electron chi connectivity index (χ4n) is 2.33. The van der Waals surface area contributed by atoms with Gasteiger partial charge in [0.05, 0.1) is 0 Å².